The molecule has 1 aromatic heterocycles. The van der Waals surface area contributed by atoms with Crippen LogP contribution >= 0.6 is 11.6 Å². The second-order valence-corrected chi connectivity index (χ2v) is 5.68. The Balaban J connectivity index is 1.56. The summed E-state index contributed by atoms with van der Waals surface area (Å²) in [6, 6.07) is 15.5. The van der Waals surface area contributed by atoms with Crippen molar-refractivity contribution in [3.8, 4) is 0 Å². The van der Waals surface area contributed by atoms with Crippen molar-refractivity contribution in [2.24, 2.45) is 0 Å². The maximum Gasteiger partial charge on any atom is 0.319 e. The van der Waals surface area contributed by atoms with Crippen molar-refractivity contribution in [3.63, 3.8) is 0 Å². The third-order valence-corrected chi connectivity index (χ3v) is 3.63. The van der Waals surface area contributed by atoms with Gasteiger partial charge in [0.05, 0.1) is 17.7 Å². The average Bonchev–Trinajstić information content (AvgIpc) is 2.60. The number of nitrogens with zero attached hydrogens (tertiary/aromatic N) is 1. The van der Waals surface area contributed by atoms with E-state index in [1.54, 1.807) is 36.5 Å². The molecule has 25 heavy (non-hydrogen) atoms. The number of para-hydroxylation sites is 1. The summed E-state index contributed by atoms with van der Waals surface area (Å²) in [5.41, 5.74) is 1.84. The lowest BCUT2D eigenvalue weighted by Gasteiger charge is -2.10. The Kier molecular flexibility index (Phi) is 5.11. The van der Waals surface area contributed by atoms with E-state index in [1.165, 1.54) is 0 Å². The van der Waals surface area contributed by atoms with Gasteiger partial charge in [-0.2, -0.15) is 0 Å². The van der Waals surface area contributed by atoms with Crippen molar-refractivity contribution in [1.29, 1.82) is 0 Å². The van der Waals surface area contributed by atoms with E-state index in [9.17, 15) is 9.59 Å². The molecule has 3 rings (SSSR count). The minimum atomic E-state index is -0.492. The van der Waals surface area contributed by atoms with E-state index in [-0.39, 0.29) is 12.5 Å². The third-order valence-electron chi connectivity index (χ3n) is 3.40. The largest absolute Gasteiger partial charge is 0.329 e. The normalized spacial score (nSPS) is 10.3. The number of halogens is 1. The molecule has 3 amide bonds. The highest BCUT2D eigenvalue weighted by atomic mass is 35.5. The Hall–Kier alpha value is -3.12. The molecule has 0 fully saturated rings. The first kappa shape index (κ1) is 16.7. The number of amides is 3. The van der Waals surface area contributed by atoms with Crippen LogP contribution in [0.2, 0.25) is 5.02 Å². The van der Waals surface area contributed by atoms with Gasteiger partial charge in [0.25, 0.3) is 0 Å². The number of hydrogen-bond donors (Lipinski definition) is 3. The van der Waals surface area contributed by atoms with Crippen LogP contribution in [-0.2, 0) is 4.79 Å². The minimum Gasteiger partial charge on any atom is -0.329 e. The van der Waals surface area contributed by atoms with Gasteiger partial charge in [0.2, 0.25) is 5.91 Å². The summed E-state index contributed by atoms with van der Waals surface area (Å²) >= 11 is 5.85. The lowest BCUT2D eigenvalue weighted by molar-refractivity contribution is -0.115. The first-order valence-corrected chi connectivity index (χ1v) is 7.93. The SMILES string of the molecule is O=C(CNC(=O)Nc1cccc(Cl)c1)Nc1cccc2cccnc12. The maximum atomic E-state index is 12.1. The maximum absolute atomic E-state index is 12.1. The first-order chi connectivity index (χ1) is 12.1. The zero-order chi connectivity index (χ0) is 17.6. The number of aromatic nitrogens is 1. The van der Waals surface area contributed by atoms with Crippen molar-refractivity contribution in [2.45, 2.75) is 0 Å². The summed E-state index contributed by atoms with van der Waals surface area (Å²) in [4.78, 5) is 28.2. The summed E-state index contributed by atoms with van der Waals surface area (Å²) in [5, 5.41) is 9.28. The molecule has 0 spiro atoms. The van der Waals surface area contributed by atoms with E-state index in [4.69, 9.17) is 11.6 Å². The zero-order valence-electron chi connectivity index (χ0n) is 13.1. The smallest absolute Gasteiger partial charge is 0.319 e. The van der Waals surface area contributed by atoms with Gasteiger partial charge in [-0.1, -0.05) is 35.9 Å². The monoisotopic (exact) mass is 354 g/mol. The van der Waals surface area contributed by atoms with E-state index in [0.29, 0.717) is 21.9 Å². The molecule has 3 N–H and O–H groups in total. The highest BCUT2D eigenvalue weighted by Gasteiger charge is 2.08. The molecule has 0 unspecified atom stereocenters. The fourth-order valence-corrected chi connectivity index (χ4v) is 2.49. The number of rotatable bonds is 4. The summed E-state index contributed by atoms with van der Waals surface area (Å²) in [7, 11) is 0. The molecule has 1 heterocycles. The summed E-state index contributed by atoms with van der Waals surface area (Å²) in [5.74, 6) is -0.348. The minimum absolute atomic E-state index is 0.171. The Morgan fingerprint density at radius 3 is 2.64 bits per heavy atom. The summed E-state index contributed by atoms with van der Waals surface area (Å²) < 4.78 is 0. The molecule has 0 bridgehead atoms. The predicted molar refractivity (Wildman–Crippen MR) is 98.8 cm³/mol. The Morgan fingerprint density at radius 2 is 1.80 bits per heavy atom. The molecule has 0 atom stereocenters. The Labute approximate surface area is 149 Å². The molecule has 0 radical (unpaired) electrons. The van der Waals surface area contributed by atoms with Crippen LogP contribution in [0.15, 0.2) is 60.8 Å². The van der Waals surface area contributed by atoms with Gasteiger partial charge < -0.3 is 16.0 Å². The van der Waals surface area contributed by atoms with E-state index in [2.05, 4.69) is 20.9 Å². The topological polar surface area (TPSA) is 83.1 Å². The number of benzene rings is 2. The molecule has 0 aliphatic rings. The lowest BCUT2D eigenvalue weighted by atomic mass is 10.2. The molecule has 0 aliphatic carbocycles. The molecule has 6 nitrogen and oxygen atoms in total. The molecule has 3 aromatic rings. The van der Waals surface area contributed by atoms with Crippen LogP contribution < -0.4 is 16.0 Å². The van der Waals surface area contributed by atoms with Crippen LogP contribution in [0.25, 0.3) is 10.9 Å². The van der Waals surface area contributed by atoms with Gasteiger partial charge in [-0.15, -0.1) is 0 Å². The number of hydrogen-bond acceptors (Lipinski definition) is 3. The van der Waals surface area contributed by atoms with Gasteiger partial charge in [-0.25, -0.2) is 4.79 Å². The number of pyridine rings is 1. The number of carbonyl (C=O) groups is 2. The molecule has 0 saturated heterocycles. The van der Waals surface area contributed by atoms with Crippen molar-refractivity contribution < 1.29 is 9.59 Å². The van der Waals surface area contributed by atoms with Crippen molar-refractivity contribution in [1.82, 2.24) is 10.3 Å². The molecule has 7 heteroatoms. The predicted octanol–water partition coefficient (Wildman–Crippen LogP) is 3.65. The second kappa shape index (κ2) is 7.63. The van der Waals surface area contributed by atoms with Crippen LogP contribution in [0.4, 0.5) is 16.2 Å². The molecule has 2 aromatic carbocycles. The second-order valence-electron chi connectivity index (χ2n) is 5.25. The van der Waals surface area contributed by atoms with Gasteiger partial charge in [0, 0.05) is 22.3 Å². The summed E-state index contributed by atoms with van der Waals surface area (Å²) in [6.45, 7) is -0.171. The van der Waals surface area contributed by atoms with Gasteiger partial charge in [0.1, 0.15) is 0 Å². The van der Waals surface area contributed by atoms with E-state index >= 15 is 0 Å². The highest BCUT2D eigenvalue weighted by Crippen LogP contribution is 2.20. The number of urea groups is 1. The quantitative estimate of drug-likeness (QED) is 0.668. The molecular weight excluding hydrogens is 340 g/mol. The Bertz CT molecular complexity index is 924. The van der Waals surface area contributed by atoms with Gasteiger partial charge >= 0.3 is 6.03 Å². The fourth-order valence-electron chi connectivity index (χ4n) is 2.30. The summed E-state index contributed by atoms with van der Waals surface area (Å²) in [6.07, 6.45) is 1.66. The number of nitrogens with one attached hydrogen (secondary N) is 3. The lowest BCUT2D eigenvalue weighted by Crippen LogP contribution is -2.35. The van der Waals surface area contributed by atoms with Crippen molar-refractivity contribution in [3.05, 3.63) is 65.8 Å². The van der Waals surface area contributed by atoms with Crippen molar-refractivity contribution >= 4 is 45.8 Å². The third kappa shape index (κ3) is 4.45. The highest BCUT2D eigenvalue weighted by molar-refractivity contribution is 6.30. The fraction of sp³-hybridized carbons (Fsp3) is 0.0556. The molecule has 0 aliphatic heterocycles. The first-order valence-electron chi connectivity index (χ1n) is 7.56. The van der Waals surface area contributed by atoms with E-state index in [1.807, 2.05) is 24.3 Å². The van der Waals surface area contributed by atoms with Crippen LogP contribution in [0.3, 0.4) is 0 Å². The Morgan fingerprint density at radius 1 is 1.00 bits per heavy atom. The number of anilines is 2. The van der Waals surface area contributed by atoms with E-state index < -0.39 is 6.03 Å². The zero-order valence-corrected chi connectivity index (χ0v) is 13.9. The van der Waals surface area contributed by atoms with Gasteiger partial charge in [-0.3, -0.25) is 9.78 Å². The standard InChI is InChI=1S/C18H15ClN4O2/c19-13-6-2-7-14(10-13)22-18(25)21-11-16(24)23-15-8-1-4-12-5-3-9-20-17(12)15/h1-10H,11H2,(H,23,24)(H2,21,22,25). The number of carbonyl (C=O) groups excluding carboxylic acids is 2. The van der Waals surface area contributed by atoms with E-state index in [0.717, 1.165) is 5.39 Å². The molecule has 0 saturated carbocycles. The number of fused-ring (bicyclic) bond motifs is 1. The van der Waals surface area contributed by atoms with Gasteiger partial charge in [0.15, 0.2) is 0 Å². The van der Waals surface area contributed by atoms with Crippen LogP contribution in [-0.4, -0.2) is 23.5 Å². The molecule has 126 valence electrons. The van der Waals surface area contributed by atoms with Gasteiger partial charge in [-0.05, 0) is 30.3 Å². The average molecular weight is 355 g/mol. The van der Waals surface area contributed by atoms with Crippen LogP contribution in [0.5, 0.6) is 0 Å². The van der Waals surface area contributed by atoms with Crippen molar-refractivity contribution in [2.75, 3.05) is 17.2 Å². The van der Waals surface area contributed by atoms with Crippen LogP contribution in [0.1, 0.15) is 0 Å². The molecular formula is C18H15ClN4O2. The van der Waals surface area contributed by atoms with Crippen LogP contribution in [0, 0.1) is 0 Å².